The fraction of sp³-hybridized carbons (Fsp3) is 0.438. The zero-order chi connectivity index (χ0) is 13.4. The number of hydrogen-bond donors (Lipinski definition) is 0. The second-order valence-corrected chi connectivity index (χ2v) is 5.20. The van der Waals surface area contributed by atoms with Gasteiger partial charge in [-0.2, -0.15) is 0 Å². The molecule has 0 saturated heterocycles. The van der Waals surface area contributed by atoms with Gasteiger partial charge in [0.2, 0.25) is 0 Å². The van der Waals surface area contributed by atoms with Crippen LogP contribution in [0.15, 0.2) is 18.2 Å². The molecule has 100 valence electrons. The molecule has 0 spiro atoms. The number of ketones is 1. The van der Waals surface area contributed by atoms with Gasteiger partial charge in [0.25, 0.3) is 0 Å². The van der Waals surface area contributed by atoms with Gasteiger partial charge in [-0.25, -0.2) is 0 Å². The molecule has 19 heavy (non-hydrogen) atoms. The van der Waals surface area contributed by atoms with Crippen LogP contribution in [-0.4, -0.2) is 20.0 Å². The molecule has 1 aromatic carbocycles. The number of benzene rings is 1. The Morgan fingerprint density at radius 3 is 2.47 bits per heavy atom. The fourth-order valence-electron chi connectivity index (χ4n) is 3.16. The van der Waals surface area contributed by atoms with Crippen LogP contribution in [0.5, 0.6) is 11.5 Å². The first-order chi connectivity index (χ1) is 9.22. The van der Waals surface area contributed by atoms with Crippen molar-refractivity contribution in [3.63, 3.8) is 0 Å². The second-order valence-electron chi connectivity index (χ2n) is 5.20. The van der Waals surface area contributed by atoms with E-state index in [2.05, 4.69) is 0 Å². The van der Waals surface area contributed by atoms with E-state index in [9.17, 15) is 4.79 Å². The molecule has 0 fully saturated rings. The van der Waals surface area contributed by atoms with Gasteiger partial charge in [0.15, 0.2) is 17.3 Å². The van der Waals surface area contributed by atoms with Gasteiger partial charge in [0.05, 0.1) is 14.2 Å². The summed E-state index contributed by atoms with van der Waals surface area (Å²) in [6, 6.07) is 4.06. The summed E-state index contributed by atoms with van der Waals surface area (Å²) in [6.07, 6.45) is 5.68. The lowest BCUT2D eigenvalue weighted by Crippen LogP contribution is -2.19. The SMILES string of the molecule is COc1cc2c(cc1OC)C1=CC(=O)CC[C@H]1CC2. The van der Waals surface area contributed by atoms with Crippen LogP contribution in [0.4, 0.5) is 0 Å². The van der Waals surface area contributed by atoms with Crippen molar-refractivity contribution in [3.05, 3.63) is 29.3 Å². The van der Waals surface area contributed by atoms with Crippen molar-refractivity contribution in [2.75, 3.05) is 14.2 Å². The molecular weight excluding hydrogens is 240 g/mol. The number of fused-ring (bicyclic) bond motifs is 3. The summed E-state index contributed by atoms with van der Waals surface area (Å²) >= 11 is 0. The van der Waals surface area contributed by atoms with E-state index in [1.807, 2.05) is 18.2 Å². The van der Waals surface area contributed by atoms with Crippen molar-refractivity contribution < 1.29 is 14.3 Å². The lowest BCUT2D eigenvalue weighted by Gasteiger charge is -2.31. The molecule has 0 aromatic heterocycles. The molecule has 2 aliphatic rings. The highest BCUT2D eigenvalue weighted by Gasteiger charge is 2.29. The first-order valence-corrected chi connectivity index (χ1v) is 6.72. The van der Waals surface area contributed by atoms with E-state index < -0.39 is 0 Å². The molecule has 1 aromatic rings. The predicted molar refractivity (Wildman–Crippen MR) is 73.6 cm³/mol. The third-order valence-corrected chi connectivity index (χ3v) is 4.18. The standard InChI is InChI=1S/C16H18O3/c1-18-15-7-11-4-3-10-5-6-12(17)8-13(10)14(11)9-16(15)19-2/h7-10H,3-6H2,1-2H3/t10-/m1/s1. The lowest BCUT2D eigenvalue weighted by molar-refractivity contribution is -0.115. The Hall–Kier alpha value is -1.77. The third kappa shape index (κ3) is 2.03. The Morgan fingerprint density at radius 1 is 1.05 bits per heavy atom. The summed E-state index contributed by atoms with van der Waals surface area (Å²) in [4.78, 5) is 11.7. The molecule has 3 rings (SSSR count). The number of ether oxygens (including phenoxy) is 2. The third-order valence-electron chi connectivity index (χ3n) is 4.18. The average Bonchev–Trinajstić information content (AvgIpc) is 2.45. The molecule has 0 saturated carbocycles. The van der Waals surface area contributed by atoms with Crippen LogP contribution in [0.3, 0.4) is 0 Å². The lowest BCUT2D eigenvalue weighted by atomic mass is 9.74. The normalized spacial score (nSPS) is 21.3. The van der Waals surface area contributed by atoms with Crippen molar-refractivity contribution in [1.82, 2.24) is 0 Å². The first-order valence-electron chi connectivity index (χ1n) is 6.72. The maximum Gasteiger partial charge on any atom is 0.161 e. The van der Waals surface area contributed by atoms with Gasteiger partial charge < -0.3 is 9.47 Å². The Labute approximate surface area is 113 Å². The number of hydrogen-bond acceptors (Lipinski definition) is 3. The molecule has 0 heterocycles. The molecule has 0 unspecified atom stereocenters. The Kier molecular flexibility index (Phi) is 3.05. The van der Waals surface area contributed by atoms with E-state index in [4.69, 9.17) is 9.47 Å². The van der Waals surface area contributed by atoms with E-state index in [1.165, 1.54) is 16.7 Å². The molecule has 0 N–H and O–H groups in total. The topological polar surface area (TPSA) is 35.5 Å². The highest BCUT2D eigenvalue weighted by molar-refractivity contribution is 5.99. The zero-order valence-corrected chi connectivity index (χ0v) is 11.4. The minimum absolute atomic E-state index is 0.244. The summed E-state index contributed by atoms with van der Waals surface area (Å²) in [5, 5.41) is 0. The Morgan fingerprint density at radius 2 is 1.74 bits per heavy atom. The second kappa shape index (κ2) is 4.72. The van der Waals surface area contributed by atoms with Crippen LogP contribution in [-0.2, 0) is 11.2 Å². The molecule has 3 nitrogen and oxygen atoms in total. The van der Waals surface area contributed by atoms with Crippen LogP contribution < -0.4 is 9.47 Å². The molecule has 3 heteroatoms. The summed E-state index contributed by atoms with van der Waals surface area (Å²) in [6.45, 7) is 0. The minimum atomic E-state index is 0.244. The van der Waals surface area contributed by atoms with E-state index in [0.29, 0.717) is 12.3 Å². The van der Waals surface area contributed by atoms with Crippen molar-refractivity contribution >= 4 is 11.4 Å². The number of methoxy groups -OCH3 is 2. The first kappa shape index (κ1) is 12.3. The van der Waals surface area contributed by atoms with Gasteiger partial charge in [0.1, 0.15) is 0 Å². The van der Waals surface area contributed by atoms with Gasteiger partial charge in [-0.1, -0.05) is 0 Å². The number of aryl methyl sites for hydroxylation is 1. The highest BCUT2D eigenvalue weighted by atomic mass is 16.5. The summed E-state index contributed by atoms with van der Waals surface area (Å²) in [5.41, 5.74) is 3.62. The van der Waals surface area contributed by atoms with Crippen LogP contribution in [0.1, 0.15) is 30.4 Å². The monoisotopic (exact) mass is 258 g/mol. The van der Waals surface area contributed by atoms with Gasteiger partial charge in [-0.3, -0.25) is 4.79 Å². The smallest absolute Gasteiger partial charge is 0.161 e. The van der Waals surface area contributed by atoms with Crippen LogP contribution >= 0.6 is 0 Å². The van der Waals surface area contributed by atoms with Crippen LogP contribution in [0.2, 0.25) is 0 Å². The largest absolute Gasteiger partial charge is 0.493 e. The van der Waals surface area contributed by atoms with Gasteiger partial charge in [-0.05, 0) is 60.1 Å². The molecule has 0 radical (unpaired) electrons. The maximum atomic E-state index is 11.7. The summed E-state index contributed by atoms with van der Waals surface area (Å²) < 4.78 is 10.7. The van der Waals surface area contributed by atoms with Crippen LogP contribution in [0, 0.1) is 5.92 Å². The zero-order valence-electron chi connectivity index (χ0n) is 11.4. The predicted octanol–water partition coefficient (Wildman–Crippen LogP) is 3.01. The Bertz CT molecular complexity index is 557. The fourth-order valence-corrected chi connectivity index (χ4v) is 3.16. The van der Waals surface area contributed by atoms with E-state index >= 15 is 0 Å². The van der Waals surface area contributed by atoms with Crippen molar-refractivity contribution in [2.45, 2.75) is 25.7 Å². The van der Waals surface area contributed by atoms with Gasteiger partial charge in [-0.15, -0.1) is 0 Å². The highest BCUT2D eigenvalue weighted by Crippen LogP contribution is 2.44. The quantitative estimate of drug-likeness (QED) is 0.818. The molecule has 1 atom stereocenters. The van der Waals surface area contributed by atoms with Crippen molar-refractivity contribution in [3.8, 4) is 11.5 Å². The molecule has 0 aliphatic heterocycles. The molecule has 0 bridgehead atoms. The number of rotatable bonds is 2. The van der Waals surface area contributed by atoms with E-state index in [-0.39, 0.29) is 5.78 Å². The summed E-state index contributed by atoms with van der Waals surface area (Å²) in [5.74, 6) is 2.28. The van der Waals surface area contributed by atoms with E-state index in [1.54, 1.807) is 14.2 Å². The van der Waals surface area contributed by atoms with Gasteiger partial charge >= 0.3 is 0 Å². The summed E-state index contributed by atoms with van der Waals surface area (Å²) in [7, 11) is 3.30. The van der Waals surface area contributed by atoms with Gasteiger partial charge in [0, 0.05) is 6.42 Å². The molecular formula is C16H18O3. The number of carbonyl (C=O) groups is 1. The average molecular weight is 258 g/mol. The molecule has 2 aliphatic carbocycles. The molecule has 0 amide bonds. The van der Waals surface area contributed by atoms with Crippen molar-refractivity contribution in [1.29, 1.82) is 0 Å². The Balaban J connectivity index is 2.13. The van der Waals surface area contributed by atoms with Crippen LogP contribution in [0.25, 0.3) is 5.57 Å². The van der Waals surface area contributed by atoms with E-state index in [0.717, 1.165) is 30.8 Å². The number of carbonyl (C=O) groups excluding carboxylic acids is 1. The van der Waals surface area contributed by atoms with Crippen molar-refractivity contribution in [2.24, 2.45) is 5.92 Å². The minimum Gasteiger partial charge on any atom is -0.493 e. The maximum absolute atomic E-state index is 11.7. The number of allylic oxidation sites excluding steroid dienone is 2.